The minimum absolute atomic E-state index is 0.0460. The van der Waals surface area contributed by atoms with E-state index in [-0.39, 0.29) is 24.8 Å². The van der Waals surface area contributed by atoms with Crippen LogP contribution < -0.4 is 0 Å². The number of hydrogen-bond acceptors (Lipinski definition) is 3. The Morgan fingerprint density at radius 2 is 1.85 bits per heavy atom. The van der Waals surface area contributed by atoms with Crippen molar-refractivity contribution in [2.45, 2.75) is 25.8 Å². The van der Waals surface area contributed by atoms with E-state index in [1.54, 1.807) is 0 Å². The summed E-state index contributed by atoms with van der Waals surface area (Å²) >= 11 is 0. The van der Waals surface area contributed by atoms with Gasteiger partial charge >= 0.3 is 11.7 Å². The van der Waals surface area contributed by atoms with E-state index in [1.165, 1.54) is 11.1 Å². The van der Waals surface area contributed by atoms with E-state index >= 15 is 0 Å². The number of hydrogen-bond donors (Lipinski definition) is 0. The smallest absolute Gasteiger partial charge is 0.418 e. The summed E-state index contributed by atoms with van der Waals surface area (Å²) in [5.74, 6) is -0.476. The Morgan fingerprint density at radius 1 is 1.15 bits per heavy atom. The lowest BCUT2D eigenvalue weighted by molar-refractivity contribution is -0.141. The van der Waals surface area contributed by atoms with Crippen LogP contribution in [0.15, 0.2) is 54.6 Å². The van der Waals surface area contributed by atoms with E-state index in [9.17, 15) is 10.3 Å². The van der Waals surface area contributed by atoms with Crippen LogP contribution in [-0.4, -0.2) is 41.1 Å². The van der Waals surface area contributed by atoms with Gasteiger partial charge in [0.05, 0.1) is 6.61 Å². The molecule has 2 aromatic rings. The van der Waals surface area contributed by atoms with Crippen molar-refractivity contribution in [2.75, 3.05) is 19.7 Å². The van der Waals surface area contributed by atoms with Crippen molar-refractivity contribution in [1.29, 1.82) is 0 Å². The Hall–Kier alpha value is -2.75. The fourth-order valence-corrected chi connectivity index (χ4v) is 3.20. The van der Waals surface area contributed by atoms with Gasteiger partial charge in [-0.2, -0.15) is 4.79 Å². The van der Waals surface area contributed by atoms with Gasteiger partial charge in [0, 0.05) is 19.0 Å². The molecule has 134 valence electrons. The number of carbonyl (C=O) groups is 1. The summed E-state index contributed by atoms with van der Waals surface area (Å²) in [5.41, 5.74) is 13.0. The fraction of sp³-hybridized carbons (Fsp3) is 0.333. The van der Waals surface area contributed by atoms with Gasteiger partial charge < -0.3 is 10.3 Å². The number of esters is 1. The third-order valence-corrected chi connectivity index (χ3v) is 4.77. The highest BCUT2D eigenvalue weighted by atomic mass is 16.5. The van der Waals surface area contributed by atoms with Crippen molar-refractivity contribution >= 4 is 11.7 Å². The molecule has 1 aliphatic heterocycles. The van der Waals surface area contributed by atoms with E-state index < -0.39 is 5.97 Å². The number of ether oxygens (including phenoxy) is 1. The molecule has 1 aliphatic rings. The molecule has 0 saturated carbocycles. The van der Waals surface area contributed by atoms with Gasteiger partial charge in [-0.05, 0) is 23.1 Å². The van der Waals surface area contributed by atoms with Crippen LogP contribution >= 0.6 is 0 Å². The van der Waals surface area contributed by atoms with Crippen LogP contribution in [0, 0.1) is 0 Å². The number of nitrogens with zero attached hydrogens (tertiary/aromatic N) is 3. The van der Waals surface area contributed by atoms with Gasteiger partial charge in [-0.3, -0.25) is 4.90 Å². The summed E-state index contributed by atoms with van der Waals surface area (Å²) in [7, 11) is 0. The highest BCUT2D eigenvalue weighted by Gasteiger charge is 2.27. The zero-order chi connectivity index (χ0) is 18.4. The van der Waals surface area contributed by atoms with E-state index in [4.69, 9.17) is 4.74 Å². The summed E-state index contributed by atoms with van der Waals surface area (Å²) in [6.07, 6.45) is 0.926. The van der Waals surface area contributed by atoms with Crippen molar-refractivity contribution in [2.24, 2.45) is 0 Å². The van der Waals surface area contributed by atoms with Crippen LogP contribution in [0.1, 0.15) is 29.5 Å². The predicted molar refractivity (Wildman–Crippen MR) is 99.9 cm³/mol. The first-order valence-corrected chi connectivity index (χ1v) is 8.89. The molecular formula is C21H23N3O2. The molecule has 3 rings (SSSR count). The average Bonchev–Trinajstić information content (AvgIpc) is 2.70. The van der Waals surface area contributed by atoms with Crippen LogP contribution in [0.25, 0.3) is 5.53 Å². The second-order valence-corrected chi connectivity index (χ2v) is 6.69. The van der Waals surface area contributed by atoms with Crippen molar-refractivity contribution in [3.8, 4) is 0 Å². The molecule has 0 bridgehead atoms. The van der Waals surface area contributed by atoms with E-state index in [1.807, 2.05) is 49.4 Å². The molecule has 5 heteroatoms. The minimum atomic E-state index is -0.561. The molecule has 0 amide bonds. The quantitative estimate of drug-likeness (QED) is 0.348. The third kappa shape index (κ3) is 4.45. The fourth-order valence-electron chi connectivity index (χ4n) is 3.20. The molecule has 5 nitrogen and oxygen atoms in total. The topological polar surface area (TPSA) is 65.9 Å². The van der Waals surface area contributed by atoms with E-state index in [0.29, 0.717) is 0 Å². The minimum Gasteiger partial charge on any atom is -0.456 e. The highest BCUT2D eigenvalue weighted by molar-refractivity contribution is 6.34. The van der Waals surface area contributed by atoms with Crippen molar-refractivity contribution in [1.82, 2.24) is 4.90 Å². The molecule has 1 heterocycles. The van der Waals surface area contributed by atoms with Gasteiger partial charge in [0.25, 0.3) is 0 Å². The van der Waals surface area contributed by atoms with Crippen molar-refractivity contribution < 1.29 is 14.3 Å². The van der Waals surface area contributed by atoms with Gasteiger partial charge in [-0.25, -0.2) is 4.79 Å². The summed E-state index contributed by atoms with van der Waals surface area (Å²) in [6.45, 7) is 4.10. The number of carbonyl (C=O) groups excluding carboxylic acids is 1. The Morgan fingerprint density at radius 3 is 2.58 bits per heavy atom. The third-order valence-electron chi connectivity index (χ3n) is 4.77. The molecule has 0 saturated heterocycles. The second-order valence-electron chi connectivity index (χ2n) is 6.69. The molecule has 0 N–H and O–H groups in total. The lowest BCUT2D eigenvalue weighted by atomic mass is 10.00. The van der Waals surface area contributed by atoms with Gasteiger partial charge in [0.2, 0.25) is 0 Å². The van der Waals surface area contributed by atoms with Crippen LogP contribution in [0.4, 0.5) is 0 Å². The largest absolute Gasteiger partial charge is 0.456 e. The second kappa shape index (κ2) is 8.56. The summed E-state index contributed by atoms with van der Waals surface area (Å²) in [6, 6.07) is 18.2. The Bertz CT molecular complexity index is 813. The summed E-state index contributed by atoms with van der Waals surface area (Å²) < 4.78 is 5.37. The Balaban J connectivity index is 1.54. The normalized spacial score (nSPS) is 14.8. The SMILES string of the molecule is CC(COC(=O)C(CN1CCc2ccccc2C1)=[N+]=[N-])c1ccccc1. The van der Waals surface area contributed by atoms with Crippen LogP contribution in [0.3, 0.4) is 0 Å². The number of fused-ring (bicyclic) bond motifs is 1. The molecule has 0 radical (unpaired) electrons. The first kappa shape index (κ1) is 18.1. The van der Waals surface area contributed by atoms with Gasteiger partial charge in [-0.15, -0.1) is 0 Å². The van der Waals surface area contributed by atoms with Crippen LogP contribution in [-0.2, 0) is 22.5 Å². The number of rotatable bonds is 6. The van der Waals surface area contributed by atoms with Gasteiger partial charge in [-0.1, -0.05) is 61.5 Å². The highest BCUT2D eigenvalue weighted by Crippen LogP contribution is 2.18. The van der Waals surface area contributed by atoms with E-state index in [0.717, 1.165) is 25.1 Å². The number of benzene rings is 2. The predicted octanol–water partition coefficient (Wildman–Crippen LogP) is 3.06. The molecule has 26 heavy (non-hydrogen) atoms. The molecule has 0 aliphatic carbocycles. The first-order valence-electron chi connectivity index (χ1n) is 8.89. The van der Waals surface area contributed by atoms with Crippen LogP contribution in [0.5, 0.6) is 0 Å². The zero-order valence-electron chi connectivity index (χ0n) is 15.0. The van der Waals surface area contributed by atoms with Crippen molar-refractivity contribution in [3.63, 3.8) is 0 Å². The van der Waals surface area contributed by atoms with Crippen LogP contribution in [0.2, 0.25) is 0 Å². The first-order chi connectivity index (χ1) is 12.7. The monoisotopic (exact) mass is 349 g/mol. The molecule has 2 aromatic carbocycles. The molecule has 1 atom stereocenters. The average molecular weight is 349 g/mol. The van der Waals surface area contributed by atoms with Crippen molar-refractivity contribution in [3.05, 3.63) is 76.8 Å². The van der Waals surface area contributed by atoms with E-state index in [2.05, 4.69) is 21.8 Å². The molecular weight excluding hydrogens is 326 g/mol. The summed E-state index contributed by atoms with van der Waals surface area (Å²) in [5, 5.41) is 0. The molecule has 0 aromatic heterocycles. The van der Waals surface area contributed by atoms with Gasteiger partial charge in [0.15, 0.2) is 0 Å². The molecule has 0 fully saturated rings. The Labute approximate surface area is 153 Å². The maximum Gasteiger partial charge on any atom is 0.418 e. The molecule has 1 unspecified atom stereocenters. The lowest BCUT2D eigenvalue weighted by Gasteiger charge is -2.26. The maximum absolute atomic E-state index is 12.3. The maximum atomic E-state index is 12.3. The summed E-state index contributed by atoms with van der Waals surface area (Å²) in [4.78, 5) is 17.6. The van der Waals surface area contributed by atoms with Gasteiger partial charge in [0.1, 0.15) is 6.54 Å². The Kier molecular flexibility index (Phi) is 5.95. The lowest BCUT2D eigenvalue weighted by Crippen LogP contribution is -2.38. The zero-order valence-corrected chi connectivity index (χ0v) is 15.0. The molecule has 0 spiro atoms. The standard InChI is InChI=1S/C21H23N3O2/c1-16(17-7-3-2-4-8-17)15-26-21(25)20(23-22)14-24-12-11-18-9-5-6-10-19(18)13-24/h2-10,16H,11-15H2,1H3.